The van der Waals surface area contributed by atoms with Crippen LogP contribution in [0.15, 0.2) is 42.5 Å². The zero-order valence-electron chi connectivity index (χ0n) is 16.7. The second-order valence-electron chi connectivity index (χ2n) is 7.54. The Morgan fingerprint density at radius 3 is 2.21 bits per heavy atom. The van der Waals surface area contributed by atoms with Gasteiger partial charge in [0.05, 0.1) is 14.2 Å². The minimum Gasteiger partial charge on any atom is -0.493 e. The molecule has 5 heteroatoms. The fourth-order valence-corrected chi connectivity index (χ4v) is 4.38. The van der Waals surface area contributed by atoms with Crippen molar-refractivity contribution in [3.05, 3.63) is 59.2 Å². The van der Waals surface area contributed by atoms with Crippen LogP contribution in [0.5, 0.6) is 11.5 Å². The molecule has 2 heterocycles. The molecule has 0 aromatic heterocycles. The van der Waals surface area contributed by atoms with E-state index in [4.69, 9.17) is 9.47 Å². The molecule has 0 N–H and O–H groups in total. The Balaban J connectivity index is 1.65. The first-order valence-corrected chi connectivity index (χ1v) is 10.0. The maximum absolute atomic E-state index is 13.4. The molecule has 0 radical (unpaired) electrons. The van der Waals surface area contributed by atoms with Crippen LogP contribution in [0.25, 0.3) is 0 Å². The fraction of sp³-hybridized carbons (Fsp3) is 0.435. The van der Waals surface area contributed by atoms with Gasteiger partial charge in [-0.25, -0.2) is 0 Å². The quantitative estimate of drug-likeness (QED) is 0.797. The number of fused-ring (bicyclic) bond motifs is 1. The Bertz CT molecular complexity index is 831. The van der Waals surface area contributed by atoms with E-state index < -0.39 is 0 Å². The van der Waals surface area contributed by atoms with Gasteiger partial charge in [-0.1, -0.05) is 30.3 Å². The van der Waals surface area contributed by atoms with Gasteiger partial charge in [0.25, 0.3) is 0 Å². The van der Waals surface area contributed by atoms with Gasteiger partial charge in [0, 0.05) is 26.2 Å². The molecule has 2 aromatic carbocycles. The van der Waals surface area contributed by atoms with Crippen molar-refractivity contribution in [3.63, 3.8) is 0 Å². The second-order valence-corrected chi connectivity index (χ2v) is 7.54. The van der Waals surface area contributed by atoms with Crippen molar-refractivity contribution in [2.24, 2.45) is 0 Å². The van der Waals surface area contributed by atoms with Crippen LogP contribution in [-0.2, 0) is 17.8 Å². The van der Waals surface area contributed by atoms with Crippen LogP contribution in [0.1, 0.15) is 35.6 Å². The molecule has 1 atom stereocenters. The van der Waals surface area contributed by atoms with Gasteiger partial charge in [0.2, 0.25) is 5.91 Å². The number of carbonyl (C=O) groups excluding carboxylic acids is 1. The van der Waals surface area contributed by atoms with Gasteiger partial charge in [-0.05, 0) is 48.1 Å². The molecule has 2 aliphatic rings. The molecule has 0 unspecified atom stereocenters. The number of hydrogen-bond donors (Lipinski definition) is 0. The van der Waals surface area contributed by atoms with E-state index in [0.29, 0.717) is 0 Å². The highest BCUT2D eigenvalue weighted by Crippen LogP contribution is 2.36. The van der Waals surface area contributed by atoms with Crippen molar-refractivity contribution in [1.29, 1.82) is 0 Å². The average Bonchev–Trinajstić information content (AvgIpc) is 3.28. The number of ether oxygens (including phenoxy) is 2. The Labute approximate surface area is 166 Å². The molecule has 1 amide bonds. The molecular formula is C23H28N2O3. The molecule has 2 aromatic rings. The van der Waals surface area contributed by atoms with Crippen LogP contribution < -0.4 is 9.47 Å². The first-order valence-electron chi connectivity index (χ1n) is 10.0. The highest BCUT2D eigenvalue weighted by atomic mass is 16.5. The highest BCUT2D eigenvalue weighted by molar-refractivity contribution is 5.83. The van der Waals surface area contributed by atoms with Gasteiger partial charge in [-0.2, -0.15) is 0 Å². The maximum Gasteiger partial charge on any atom is 0.244 e. The molecule has 2 aliphatic heterocycles. The molecule has 0 aliphatic carbocycles. The molecule has 0 saturated carbocycles. The van der Waals surface area contributed by atoms with E-state index in [9.17, 15) is 4.79 Å². The molecule has 4 rings (SSSR count). The number of nitrogens with zero attached hydrogens (tertiary/aromatic N) is 2. The van der Waals surface area contributed by atoms with Crippen LogP contribution in [-0.4, -0.2) is 49.6 Å². The lowest BCUT2D eigenvalue weighted by Crippen LogP contribution is -2.44. The maximum atomic E-state index is 13.4. The number of hydrogen-bond acceptors (Lipinski definition) is 4. The van der Waals surface area contributed by atoms with Gasteiger partial charge in [0.15, 0.2) is 11.5 Å². The summed E-state index contributed by atoms with van der Waals surface area (Å²) in [7, 11) is 3.33. The SMILES string of the molecule is COc1cc2c(cc1OC)CN([C@@H](C(=O)N1CCCC1)c1ccccc1)CC2. The molecule has 0 bridgehead atoms. The summed E-state index contributed by atoms with van der Waals surface area (Å²) in [6, 6.07) is 14.1. The van der Waals surface area contributed by atoms with Crippen molar-refractivity contribution < 1.29 is 14.3 Å². The minimum atomic E-state index is -0.236. The summed E-state index contributed by atoms with van der Waals surface area (Å²) in [5.41, 5.74) is 3.55. The van der Waals surface area contributed by atoms with Crippen molar-refractivity contribution in [1.82, 2.24) is 9.80 Å². The Morgan fingerprint density at radius 2 is 1.57 bits per heavy atom. The lowest BCUT2D eigenvalue weighted by Gasteiger charge is -2.37. The Hall–Kier alpha value is -2.53. The van der Waals surface area contributed by atoms with Crippen LogP contribution in [0.2, 0.25) is 0 Å². The van der Waals surface area contributed by atoms with Crippen LogP contribution >= 0.6 is 0 Å². The van der Waals surface area contributed by atoms with Crippen LogP contribution in [0.4, 0.5) is 0 Å². The van der Waals surface area contributed by atoms with E-state index >= 15 is 0 Å². The zero-order valence-corrected chi connectivity index (χ0v) is 16.7. The largest absolute Gasteiger partial charge is 0.493 e. The number of likely N-dealkylation sites (tertiary alicyclic amines) is 1. The standard InChI is InChI=1S/C23H28N2O3/c1-27-20-14-18-10-13-25(16-19(18)15-21(20)28-2)22(17-8-4-3-5-9-17)23(26)24-11-6-7-12-24/h3-5,8-9,14-15,22H,6-7,10-13,16H2,1-2H3/t22-/m1/s1. The van der Waals surface area contributed by atoms with E-state index in [1.54, 1.807) is 14.2 Å². The minimum absolute atomic E-state index is 0.229. The number of amides is 1. The van der Waals surface area contributed by atoms with Gasteiger partial charge in [-0.3, -0.25) is 9.69 Å². The normalized spacial score (nSPS) is 17.9. The lowest BCUT2D eigenvalue weighted by atomic mass is 9.95. The summed E-state index contributed by atoms with van der Waals surface area (Å²) in [6.45, 7) is 3.33. The van der Waals surface area contributed by atoms with Crippen molar-refractivity contribution in [2.75, 3.05) is 33.9 Å². The molecule has 28 heavy (non-hydrogen) atoms. The van der Waals surface area contributed by atoms with E-state index in [1.807, 2.05) is 23.1 Å². The first kappa shape index (κ1) is 18.8. The Morgan fingerprint density at radius 1 is 0.929 bits per heavy atom. The third-order valence-electron chi connectivity index (χ3n) is 5.88. The van der Waals surface area contributed by atoms with Gasteiger partial charge in [0.1, 0.15) is 6.04 Å². The monoisotopic (exact) mass is 380 g/mol. The topological polar surface area (TPSA) is 42.0 Å². The zero-order chi connectivity index (χ0) is 19.5. The van der Waals surface area contributed by atoms with E-state index in [-0.39, 0.29) is 11.9 Å². The summed E-state index contributed by atoms with van der Waals surface area (Å²) in [4.78, 5) is 17.8. The predicted octanol–water partition coefficient (Wildman–Crippen LogP) is 3.43. The molecular weight excluding hydrogens is 352 g/mol. The summed E-state index contributed by atoms with van der Waals surface area (Å²) >= 11 is 0. The van der Waals surface area contributed by atoms with E-state index in [0.717, 1.165) is 62.5 Å². The van der Waals surface area contributed by atoms with Crippen molar-refractivity contribution in [3.8, 4) is 11.5 Å². The molecule has 1 saturated heterocycles. The molecule has 0 spiro atoms. The van der Waals surface area contributed by atoms with Gasteiger partial charge < -0.3 is 14.4 Å². The summed E-state index contributed by atoms with van der Waals surface area (Å²) in [5, 5.41) is 0. The Kier molecular flexibility index (Phi) is 5.53. The fourth-order valence-electron chi connectivity index (χ4n) is 4.38. The molecule has 1 fully saturated rings. The van der Waals surface area contributed by atoms with Crippen LogP contribution in [0, 0.1) is 0 Å². The number of methoxy groups -OCH3 is 2. The number of carbonyl (C=O) groups is 1. The predicted molar refractivity (Wildman–Crippen MR) is 109 cm³/mol. The van der Waals surface area contributed by atoms with E-state index in [1.165, 1.54) is 11.1 Å². The number of rotatable bonds is 5. The highest BCUT2D eigenvalue weighted by Gasteiger charge is 2.34. The first-order chi connectivity index (χ1) is 13.7. The smallest absolute Gasteiger partial charge is 0.244 e. The molecule has 148 valence electrons. The molecule has 5 nitrogen and oxygen atoms in total. The summed E-state index contributed by atoms with van der Waals surface area (Å²) in [6.07, 6.45) is 3.10. The van der Waals surface area contributed by atoms with Gasteiger partial charge in [-0.15, -0.1) is 0 Å². The summed E-state index contributed by atoms with van der Waals surface area (Å²) < 4.78 is 10.9. The average molecular weight is 380 g/mol. The summed E-state index contributed by atoms with van der Waals surface area (Å²) in [5.74, 6) is 1.74. The third-order valence-corrected chi connectivity index (χ3v) is 5.88. The van der Waals surface area contributed by atoms with Crippen molar-refractivity contribution >= 4 is 5.91 Å². The lowest BCUT2D eigenvalue weighted by molar-refractivity contribution is -0.136. The van der Waals surface area contributed by atoms with Crippen molar-refractivity contribution in [2.45, 2.75) is 31.8 Å². The van der Waals surface area contributed by atoms with Gasteiger partial charge >= 0.3 is 0 Å². The van der Waals surface area contributed by atoms with E-state index in [2.05, 4.69) is 29.2 Å². The van der Waals surface area contributed by atoms with Crippen LogP contribution in [0.3, 0.4) is 0 Å². The number of benzene rings is 2. The second kappa shape index (κ2) is 8.23. The third kappa shape index (κ3) is 3.59.